The summed E-state index contributed by atoms with van der Waals surface area (Å²) in [6, 6.07) is 73.0. The molecule has 284 valence electrons. The minimum atomic E-state index is 0.633. The van der Waals surface area contributed by atoms with Crippen LogP contribution in [-0.2, 0) is 0 Å². The molecule has 0 N–H and O–H groups in total. The van der Waals surface area contributed by atoms with Gasteiger partial charge in [-0.1, -0.05) is 152 Å². The molecule has 0 bridgehead atoms. The predicted octanol–water partition coefficient (Wildman–Crippen LogP) is 14.6. The van der Waals surface area contributed by atoms with Crippen LogP contribution in [0, 0.1) is 0 Å². The molecule has 5 heteroatoms. The standard InChI is InChI=1S/C56H34N4O/c1-4-16-35(17-5-1)45-33-46(36-18-6-2-7-19-36)58-56(57-45)60-47-27-12-10-23-42(47)53-39(24-15-28-49(53)60)37-30-31-48-44(32-37)54-43-26-14-25-41-40-22-11-13-29-51(40)61-52(55(41)43)34-50(54)59(48)38-20-8-3-9-21-38/h1-34H. The summed E-state index contributed by atoms with van der Waals surface area (Å²) in [6.07, 6.45) is 0. The van der Waals surface area contributed by atoms with Crippen molar-refractivity contribution in [3.63, 3.8) is 0 Å². The monoisotopic (exact) mass is 778 g/mol. The van der Waals surface area contributed by atoms with Gasteiger partial charge in [-0.2, -0.15) is 0 Å². The van der Waals surface area contributed by atoms with Crippen LogP contribution < -0.4 is 4.74 Å². The molecule has 0 spiro atoms. The molecular weight excluding hydrogens is 745 g/mol. The van der Waals surface area contributed by atoms with Crippen molar-refractivity contribution < 1.29 is 4.74 Å². The van der Waals surface area contributed by atoms with E-state index in [1.807, 2.05) is 18.2 Å². The van der Waals surface area contributed by atoms with Crippen LogP contribution >= 0.6 is 0 Å². The van der Waals surface area contributed by atoms with Gasteiger partial charge in [0.2, 0.25) is 5.95 Å². The summed E-state index contributed by atoms with van der Waals surface area (Å²) in [5.74, 6) is 2.39. The van der Waals surface area contributed by atoms with E-state index < -0.39 is 0 Å². The zero-order valence-electron chi connectivity index (χ0n) is 32.8. The summed E-state index contributed by atoms with van der Waals surface area (Å²) < 4.78 is 11.3. The molecule has 0 radical (unpaired) electrons. The van der Waals surface area contributed by atoms with Crippen molar-refractivity contribution in [3.05, 3.63) is 206 Å². The van der Waals surface area contributed by atoms with E-state index in [1.54, 1.807) is 0 Å². The highest BCUT2D eigenvalue weighted by molar-refractivity contribution is 6.26. The number of nitrogens with zero attached hydrogens (tertiary/aromatic N) is 4. The van der Waals surface area contributed by atoms with Crippen LogP contribution in [-0.4, -0.2) is 19.1 Å². The molecule has 1 aliphatic heterocycles. The molecule has 5 nitrogen and oxygen atoms in total. The quantitative estimate of drug-likeness (QED) is 0.175. The molecular formula is C56H34N4O. The SMILES string of the molecule is c1ccc(-c2cc(-c3ccccc3)nc(-n3c4ccccc4c4c(-c5ccc6c(c5)c5c7cccc8c7c(cc5n6-c5ccccc5)Oc5ccccc5-8)cccc43)n2)cc1. The van der Waals surface area contributed by atoms with E-state index in [9.17, 15) is 0 Å². The minimum absolute atomic E-state index is 0.633. The van der Waals surface area contributed by atoms with Gasteiger partial charge in [-0.3, -0.25) is 4.57 Å². The average Bonchev–Trinajstić information content (AvgIpc) is 3.85. The minimum Gasteiger partial charge on any atom is -0.456 e. The van der Waals surface area contributed by atoms with Crippen molar-refractivity contribution in [1.29, 1.82) is 0 Å². The lowest BCUT2D eigenvalue weighted by atomic mass is 9.92. The molecule has 0 unspecified atom stereocenters. The Morgan fingerprint density at radius 3 is 1.72 bits per heavy atom. The van der Waals surface area contributed by atoms with Crippen molar-refractivity contribution in [1.82, 2.24) is 19.1 Å². The highest BCUT2D eigenvalue weighted by atomic mass is 16.5. The number of rotatable bonds is 5. The second kappa shape index (κ2) is 13.1. The van der Waals surface area contributed by atoms with Crippen LogP contribution in [0.5, 0.6) is 11.5 Å². The maximum Gasteiger partial charge on any atom is 0.235 e. The molecule has 9 aromatic carbocycles. The topological polar surface area (TPSA) is 44.9 Å². The van der Waals surface area contributed by atoms with E-state index in [0.29, 0.717) is 5.95 Å². The summed E-state index contributed by atoms with van der Waals surface area (Å²) in [5, 5.41) is 7.02. The summed E-state index contributed by atoms with van der Waals surface area (Å²) in [6.45, 7) is 0. The Kier molecular flexibility index (Phi) is 7.24. The third-order valence-electron chi connectivity index (χ3n) is 12.3. The third kappa shape index (κ3) is 5.08. The van der Waals surface area contributed by atoms with E-state index in [4.69, 9.17) is 14.7 Å². The van der Waals surface area contributed by atoms with Gasteiger partial charge in [0.1, 0.15) is 11.5 Å². The van der Waals surface area contributed by atoms with Gasteiger partial charge in [0.15, 0.2) is 0 Å². The molecule has 0 saturated carbocycles. The maximum atomic E-state index is 6.70. The van der Waals surface area contributed by atoms with Crippen LogP contribution in [0.1, 0.15) is 0 Å². The van der Waals surface area contributed by atoms with Gasteiger partial charge in [0, 0.05) is 55.4 Å². The molecule has 0 saturated heterocycles. The summed E-state index contributed by atoms with van der Waals surface area (Å²) in [4.78, 5) is 10.6. The molecule has 1 aliphatic rings. The number of hydrogen-bond donors (Lipinski definition) is 0. The lowest BCUT2D eigenvalue weighted by Gasteiger charge is -2.22. The fourth-order valence-corrected chi connectivity index (χ4v) is 9.70. The second-order valence-corrected chi connectivity index (χ2v) is 15.7. The number of ether oxygens (including phenoxy) is 1. The highest BCUT2D eigenvalue weighted by Gasteiger charge is 2.26. The average molecular weight is 779 g/mol. The fourth-order valence-electron chi connectivity index (χ4n) is 9.70. The van der Waals surface area contributed by atoms with Gasteiger partial charge < -0.3 is 9.30 Å². The van der Waals surface area contributed by atoms with Crippen LogP contribution in [0.4, 0.5) is 0 Å². The van der Waals surface area contributed by atoms with Gasteiger partial charge in [-0.05, 0) is 70.6 Å². The van der Waals surface area contributed by atoms with Gasteiger partial charge >= 0.3 is 0 Å². The van der Waals surface area contributed by atoms with Crippen molar-refractivity contribution in [2.24, 2.45) is 0 Å². The number of hydrogen-bond acceptors (Lipinski definition) is 3. The van der Waals surface area contributed by atoms with Crippen LogP contribution in [0.15, 0.2) is 206 Å². The molecule has 61 heavy (non-hydrogen) atoms. The van der Waals surface area contributed by atoms with E-state index in [-0.39, 0.29) is 0 Å². The Hall–Kier alpha value is -8.28. The van der Waals surface area contributed by atoms with E-state index in [1.165, 1.54) is 21.7 Å². The largest absolute Gasteiger partial charge is 0.456 e. The van der Waals surface area contributed by atoms with Crippen molar-refractivity contribution in [2.45, 2.75) is 0 Å². The van der Waals surface area contributed by atoms with E-state index >= 15 is 0 Å². The van der Waals surface area contributed by atoms with Gasteiger partial charge in [0.05, 0.1) is 33.5 Å². The fraction of sp³-hybridized carbons (Fsp3) is 0. The summed E-state index contributed by atoms with van der Waals surface area (Å²) in [5.41, 5.74) is 13.9. The van der Waals surface area contributed by atoms with Crippen LogP contribution in [0.25, 0.3) is 111 Å². The Bertz CT molecular complexity index is 3660. The van der Waals surface area contributed by atoms with Crippen LogP contribution in [0.3, 0.4) is 0 Å². The first-order valence-corrected chi connectivity index (χ1v) is 20.7. The number of aromatic nitrogens is 4. The van der Waals surface area contributed by atoms with Gasteiger partial charge in [0.25, 0.3) is 0 Å². The first-order valence-electron chi connectivity index (χ1n) is 20.7. The number of fused-ring (bicyclic) bond motifs is 9. The third-order valence-corrected chi connectivity index (χ3v) is 12.3. The molecule has 12 aromatic rings. The molecule has 0 amide bonds. The Morgan fingerprint density at radius 2 is 0.934 bits per heavy atom. The number of benzene rings is 9. The Labute approximate surface area is 351 Å². The first-order chi connectivity index (χ1) is 30.3. The maximum absolute atomic E-state index is 6.70. The molecule has 0 atom stereocenters. The molecule has 0 fully saturated rings. The molecule has 3 aromatic heterocycles. The normalized spacial score (nSPS) is 12.1. The lowest BCUT2D eigenvalue weighted by Crippen LogP contribution is -2.04. The summed E-state index contributed by atoms with van der Waals surface area (Å²) >= 11 is 0. The molecule has 13 rings (SSSR count). The zero-order chi connectivity index (χ0) is 40.0. The molecule has 4 heterocycles. The highest BCUT2D eigenvalue weighted by Crippen LogP contribution is 2.51. The van der Waals surface area contributed by atoms with E-state index in [2.05, 4.69) is 197 Å². The van der Waals surface area contributed by atoms with Crippen molar-refractivity contribution in [2.75, 3.05) is 0 Å². The second-order valence-electron chi connectivity index (χ2n) is 15.7. The first kappa shape index (κ1) is 33.7. The lowest BCUT2D eigenvalue weighted by molar-refractivity contribution is 0.487. The van der Waals surface area contributed by atoms with E-state index in [0.717, 1.165) is 94.6 Å². The van der Waals surface area contributed by atoms with Crippen molar-refractivity contribution >= 4 is 54.4 Å². The molecule has 0 aliphatic carbocycles. The van der Waals surface area contributed by atoms with Gasteiger partial charge in [-0.25, -0.2) is 9.97 Å². The predicted molar refractivity (Wildman–Crippen MR) is 250 cm³/mol. The van der Waals surface area contributed by atoms with Crippen molar-refractivity contribution in [3.8, 4) is 67.9 Å². The zero-order valence-corrected chi connectivity index (χ0v) is 32.8. The Balaban J connectivity index is 1.08. The summed E-state index contributed by atoms with van der Waals surface area (Å²) in [7, 11) is 0. The smallest absolute Gasteiger partial charge is 0.235 e. The van der Waals surface area contributed by atoms with Crippen LogP contribution in [0.2, 0.25) is 0 Å². The Morgan fingerprint density at radius 1 is 0.328 bits per heavy atom. The van der Waals surface area contributed by atoms with Gasteiger partial charge in [-0.15, -0.1) is 0 Å². The number of para-hydroxylation sites is 3.